The number of hydrogen-bond acceptors (Lipinski definition) is 5. The van der Waals surface area contributed by atoms with E-state index < -0.39 is 17.2 Å². The van der Waals surface area contributed by atoms with Crippen LogP contribution in [-0.4, -0.2) is 27.1 Å². The van der Waals surface area contributed by atoms with Gasteiger partial charge in [0.2, 0.25) is 0 Å². The van der Waals surface area contributed by atoms with Crippen molar-refractivity contribution in [2.75, 3.05) is 0 Å². The summed E-state index contributed by atoms with van der Waals surface area (Å²) in [5.74, 6) is -0.929. The maximum atomic E-state index is 12.3. The van der Waals surface area contributed by atoms with Crippen molar-refractivity contribution in [2.24, 2.45) is 17.8 Å². The smallest absolute Gasteiger partial charge is 0.329 e. The highest BCUT2D eigenvalue weighted by Gasteiger charge is 2.15. The van der Waals surface area contributed by atoms with E-state index in [0.717, 1.165) is 20.4 Å². The Labute approximate surface area is 170 Å². The largest absolute Gasteiger partial charge is 0.387 e. The van der Waals surface area contributed by atoms with Crippen LogP contribution in [0.3, 0.4) is 0 Å². The molecule has 28 heavy (non-hydrogen) atoms. The first-order valence-electron chi connectivity index (χ1n) is 8.10. The lowest BCUT2D eigenvalue weighted by molar-refractivity contribution is -0.117. The Hall–Kier alpha value is -2.85. The first-order valence-corrected chi connectivity index (χ1v) is 9.77. The van der Waals surface area contributed by atoms with Crippen LogP contribution in [0.2, 0.25) is 0 Å². The first-order chi connectivity index (χ1) is 13.3. The summed E-state index contributed by atoms with van der Waals surface area (Å²) in [6, 6.07) is 6.77. The molecule has 10 heteroatoms. The molecule has 0 atom stereocenters. The van der Waals surface area contributed by atoms with Gasteiger partial charge in [-0.1, -0.05) is 28.1 Å². The molecule has 144 valence electrons. The highest BCUT2D eigenvalue weighted by molar-refractivity contribution is 9.10. The van der Waals surface area contributed by atoms with Crippen molar-refractivity contribution in [3.63, 3.8) is 0 Å². The molecule has 0 fully saturated rings. The van der Waals surface area contributed by atoms with Crippen LogP contribution in [0.1, 0.15) is 22.3 Å². The zero-order valence-corrected chi connectivity index (χ0v) is 17.1. The molecule has 3 N–H and O–H groups in total. The summed E-state index contributed by atoms with van der Waals surface area (Å²) in [6.45, 7) is 0. The van der Waals surface area contributed by atoms with E-state index >= 15 is 0 Å². The summed E-state index contributed by atoms with van der Waals surface area (Å²) in [5, 5.41) is 1.90. The summed E-state index contributed by atoms with van der Waals surface area (Å²) in [7, 11) is 1.35. The van der Waals surface area contributed by atoms with E-state index in [4.69, 9.17) is 5.73 Å². The fourth-order valence-electron chi connectivity index (χ4n) is 2.60. The van der Waals surface area contributed by atoms with Gasteiger partial charge in [-0.3, -0.25) is 23.9 Å². The van der Waals surface area contributed by atoms with E-state index in [2.05, 4.69) is 25.9 Å². The summed E-state index contributed by atoms with van der Waals surface area (Å²) in [6.07, 6.45) is -0.346. The molecule has 0 aliphatic carbocycles. The molecular weight excluding hydrogens is 448 g/mol. The number of nitrogens with one attached hydrogen (secondary N) is 1. The fraction of sp³-hybridized carbons (Fsp3) is 0.167. The molecule has 0 aliphatic heterocycles. The summed E-state index contributed by atoms with van der Waals surface area (Å²) < 4.78 is 1.79. The molecule has 3 rings (SSSR count). The molecule has 0 spiro atoms. The molecule has 0 radical (unpaired) electrons. The Balaban J connectivity index is 1.76. The van der Waals surface area contributed by atoms with Gasteiger partial charge < -0.3 is 5.73 Å². The number of amidine groups is 1. The number of fused-ring (bicyclic) bond motifs is 1. The molecule has 0 saturated heterocycles. The second kappa shape index (κ2) is 8.03. The molecule has 2 heterocycles. The van der Waals surface area contributed by atoms with E-state index in [1.807, 2.05) is 0 Å². The SMILES string of the molecule is Cn1c(=O)[nH]c2scc(CC(=O)N=C(N)CC(=O)c3ccc(Br)cc3)c2c1=O. The molecule has 0 bridgehead atoms. The van der Waals surface area contributed by atoms with Gasteiger partial charge in [0.25, 0.3) is 11.5 Å². The van der Waals surface area contributed by atoms with Crippen molar-refractivity contribution < 1.29 is 9.59 Å². The minimum absolute atomic E-state index is 0.0984. The third-order valence-corrected chi connectivity index (χ3v) is 5.50. The number of Topliss-reactive ketones (excluding diaryl/α,β-unsaturated/α-hetero) is 1. The van der Waals surface area contributed by atoms with Gasteiger partial charge >= 0.3 is 5.69 Å². The minimum atomic E-state index is -0.575. The number of nitrogens with zero attached hydrogens (tertiary/aromatic N) is 2. The first kappa shape index (κ1) is 19.9. The second-order valence-electron chi connectivity index (χ2n) is 6.04. The molecule has 0 aliphatic rings. The standard InChI is InChI=1S/C18H15BrN4O4S/c1-23-17(26)15-10(8-28-16(15)22-18(23)27)6-14(25)21-13(20)7-12(24)9-2-4-11(19)5-3-9/h2-5,8H,6-7H2,1H3,(H,22,27)(H2,20,21,25). The Morgan fingerprint density at radius 3 is 2.61 bits per heavy atom. The van der Waals surface area contributed by atoms with Crippen LogP contribution < -0.4 is 17.0 Å². The third kappa shape index (κ3) is 4.18. The average Bonchev–Trinajstić information content (AvgIpc) is 3.02. The van der Waals surface area contributed by atoms with Crippen LogP contribution >= 0.6 is 27.3 Å². The normalized spacial score (nSPS) is 11.7. The van der Waals surface area contributed by atoms with Crippen LogP contribution in [0.5, 0.6) is 0 Å². The van der Waals surface area contributed by atoms with Crippen molar-refractivity contribution >= 4 is 55.0 Å². The van der Waals surface area contributed by atoms with Gasteiger partial charge in [0.15, 0.2) is 5.78 Å². The van der Waals surface area contributed by atoms with Crippen LogP contribution in [-0.2, 0) is 18.3 Å². The molecule has 1 aromatic carbocycles. The van der Waals surface area contributed by atoms with Crippen LogP contribution in [0.15, 0.2) is 48.7 Å². The molecule has 0 saturated carbocycles. The predicted octanol–water partition coefficient (Wildman–Crippen LogP) is 1.75. The third-order valence-electron chi connectivity index (χ3n) is 4.03. The molecule has 8 nitrogen and oxygen atoms in total. The minimum Gasteiger partial charge on any atom is -0.387 e. The molecular formula is C18H15BrN4O4S. The Bertz CT molecular complexity index is 1220. The number of thiophene rings is 1. The lowest BCUT2D eigenvalue weighted by Gasteiger charge is -2.02. The zero-order valence-electron chi connectivity index (χ0n) is 14.7. The Morgan fingerprint density at radius 2 is 1.93 bits per heavy atom. The van der Waals surface area contributed by atoms with Crippen molar-refractivity contribution in [1.29, 1.82) is 0 Å². The number of nitrogens with two attached hydrogens (primary N) is 1. The van der Waals surface area contributed by atoms with Crippen molar-refractivity contribution in [2.45, 2.75) is 12.8 Å². The Kier molecular flexibility index (Phi) is 5.71. The van der Waals surface area contributed by atoms with Gasteiger partial charge in [0.1, 0.15) is 10.7 Å². The lowest BCUT2D eigenvalue weighted by atomic mass is 10.1. The maximum Gasteiger partial charge on any atom is 0.329 e. The number of aliphatic imine (C=N–C) groups is 1. The zero-order chi connectivity index (χ0) is 20.4. The molecule has 2 aromatic heterocycles. The number of ketones is 1. The Morgan fingerprint density at radius 1 is 1.25 bits per heavy atom. The summed E-state index contributed by atoms with van der Waals surface area (Å²) in [4.78, 5) is 55.1. The number of hydrogen-bond donors (Lipinski definition) is 2. The quantitative estimate of drug-likeness (QED) is 0.339. The number of amides is 1. The van der Waals surface area contributed by atoms with Gasteiger partial charge in [-0.05, 0) is 23.1 Å². The topological polar surface area (TPSA) is 127 Å². The second-order valence-corrected chi connectivity index (χ2v) is 7.84. The van der Waals surface area contributed by atoms with Gasteiger partial charge in [-0.15, -0.1) is 11.3 Å². The van der Waals surface area contributed by atoms with Crippen molar-refractivity contribution in [1.82, 2.24) is 9.55 Å². The number of aromatic amines is 1. The average molecular weight is 463 g/mol. The lowest BCUT2D eigenvalue weighted by Crippen LogP contribution is -2.32. The number of halogens is 1. The van der Waals surface area contributed by atoms with Crippen LogP contribution in [0, 0.1) is 0 Å². The van der Waals surface area contributed by atoms with Gasteiger partial charge in [0, 0.05) is 17.1 Å². The highest BCUT2D eigenvalue weighted by atomic mass is 79.9. The van der Waals surface area contributed by atoms with E-state index in [-0.39, 0.29) is 29.8 Å². The molecule has 0 unspecified atom stereocenters. The van der Waals surface area contributed by atoms with E-state index in [9.17, 15) is 19.2 Å². The number of carbonyl (C=O) groups excluding carboxylic acids is 2. The maximum absolute atomic E-state index is 12.3. The van der Waals surface area contributed by atoms with Crippen LogP contribution in [0.4, 0.5) is 0 Å². The number of rotatable bonds is 5. The molecule has 3 aromatic rings. The monoisotopic (exact) mass is 462 g/mol. The van der Waals surface area contributed by atoms with Gasteiger partial charge in [-0.25, -0.2) is 4.79 Å². The summed E-state index contributed by atoms with van der Waals surface area (Å²) in [5.41, 5.74) is 5.66. The number of benzene rings is 1. The number of H-pyrrole nitrogens is 1. The van der Waals surface area contributed by atoms with E-state index in [0.29, 0.717) is 16.0 Å². The van der Waals surface area contributed by atoms with Crippen LogP contribution in [0.25, 0.3) is 10.2 Å². The van der Waals surface area contributed by atoms with Crippen molar-refractivity contribution in [3.05, 3.63) is 66.1 Å². The highest BCUT2D eigenvalue weighted by Crippen LogP contribution is 2.20. The van der Waals surface area contributed by atoms with E-state index in [1.54, 1.807) is 29.6 Å². The predicted molar refractivity (Wildman–Crippen MR) is 111 cm³/mol. The van der Waals surface area contributed by atoms with E-state index in [1.165, 1.54) is 7.05 Å². The van der Waals surface area contributed by atoms with Crippen molar-refractivity contribution in [3.8, 4) is 0 Å². The number of aromatic nitrogens is 2. The van der Waals surface area contributed by atoms with Gasteiger partial charge in [0.05, 0.1) is 18.2 Å². The summed E-state index contributed by atoms with van der Waals surface area (Å²) >= 11 is 4.45. The molecule has 1 amide bonds. The number of carbonyl (C=O) groups is 2. The van der Waals surface area contributed by atoms with Gasteiger partial charge in [-0.2, -0.15) is 4.99 Å². The fourth-order valence-corrected chi connectivity index (χ4v) is 3.80.